The summed E-state index contributed by atoms with van der Waals surface area (Å²) in [5.41, 5.74) is 1.94. The summed E-state index contributed by atoms with van der Waals surface area (Å²) in [4.78, 5) is 14.7. The lowest BCUT2D eigenvalue weighted by molar-refractivity contribution is -0.162. The first-order valence-electron chi connectivity index (χ1n) is 8.81. The van der Waals surface area contributed by atoms with Gasteiger partial charge in [-0.1, -0.05) is 47.5 Å². The molecule has 2 aromatic rings. The topological polar surface area (TPSA) is 29.5 Å². The SMILES string of the molecule is [CH2][C@@H](C1CC1)N1C(=O)CO[C@H](c2cccc(Cl)c2)[C@H]1c1ccc(Cl)cc1. The number of hydrogen-bond acceptors (Lipinski definition) is 2. The van der Waals surface area contributed by atoms with E-state index in [1.54, 1.807) is 0 Å². The second-order valence-electron chi connectivity index (χ2n) is 6.99. The van der Waals surface area contributed by atoms with Crippen LogP contribution in [0.3, 0.4) is 0 Å². The van der Waals surface area contributed by atoms with Crippen LogP contribution in [0.2, 0.25) is 10.0 Å². The standard InChI is InChI=1S/C21H20Cl2NO2/c1-13(14-5-6-14)24-19(25)12-26-21(16-3-2-4-18(23)11-16)20(24)15-7-9-17(22)10-8-15/h2-4,7-11,13-14,20-21H,1,5-6,12H2/t13-,20+,21+/m0/s1. The molecule has 1 aliphatic carbocycles. The molecular formula is C21H20Cl2NO2. The third-order valence-electron chi connectivity index (χ3n) is 5.17. The van der Waals surface area contributed by atoms with Crippen molar-refractivity contribution in [1.29, 1.82) is 0 Å². The van der Waals surface area contributed by atoms with Crippen LogP contribution in [0, 0.1) is 12.8 Å². The van der Waals surface area contributed by atoms with E-state index in [9.17, 15) is 4.79 Å². The Bertz CT molecular complexity index is 804. The summed E-state index contributed by atoms with van der Waals surface area (Å²) in [7, 11) is 0. The zero-order valence-corrected chi connectivity index (χ0v) is 15.8. The minimum Gasteiger partial charge on any atom is -0.361 e. The van der Waals surface area contributed by atoms with Crippen LogP contribution in [0.5, 0.6) is 0 Å². The summed E-state index contributed by atoms with van der Waals surface area (Å²) in [6, 6.07) is 14.9. The maximum Gasteiger partial charge on any atom is 0.249 e. The Morgan fingerprint density at radius 3 is 2.42 bits per heavy atom. The molecule has 1 amide bonds. The molecule has 0 unspecified atom stereocenters. The van der Waals surface area contributed by atoms with Crippen LogP contribution in [0.1, 0.15) is 36.1 Å². The van der Waals surface area contributed by atoms with Crippen molar-refractivity contribution >= 4 is 29.1 Å². The van der Waals surface area contributed by atoms with Crippen molar-refractivity contribution < 1.29 is 9.53 Å². The summed E-state index contributed by atoms with van der Waals surface area (Å²) in [6.45, 7) is 4.37. The monoisotopic (exact) mass is 388 g/mol. The number of nitrogens with zero attached hydrogens (tertiary/aromatic N) is 1. The number of hydrogen-bond donors (Lipinski definition) is 0. The smallest absolute Gasteiger partial charge is 0.249 e. The van der Waals surface area contributed by atoms with Gasteiger partial charge in [-0.2, -0.15) is 0 Å². The average Bonchev–Trinajstić information content (AvgIpc) is 3.47. The molecule has 1 saturated carbocycles. The molecule has 3 atom stereocenters. The molecule has 1 radical (unpaired) electrons. The molecule has 4 rings (SSSR count). The van der Waals surface area contributed by atoms with E-state index < -0.39 is 0 Å². The molecule has 1 saturated heterocycles. The van der Waals surface area contributed by atoms with Gasteiger partial charge in [-0.05, 0) is 61.1 Å². The number of carbonyl (C=O) groups is 1. The van der Waals surface area contributed by atoms with Crippen molar-refractivity contribution in [2.45, 2.75) is 31.0 Å². The van der Waals surface area contributed by atoms with Gasteiger partial charge in [0.05, 0.1) is 6.04 Å². The van der Waals surface area contributed by atoms with E-state index in [2.05, 4.69) is 6.92 Å². The van der Waals surface area contributed by atoms with Gasteiger partial charge in [0.25, 0.3) is 0 Å². The van der Waals surface area contributed by atoms with Crippen LogP contribution in [0.4, 0.5) is 0 Å². The normalized spacial score (nSPS) is 24.6. The predicted octanol–water partition coefficient (Wildman–Crippen LogP) is 5.25. The predicted molar refractivity (Wildman–Crippen MR) is 103 cm³/mol. The molecule has 0 N–H and O–H groups in total. The van der Waals surface area contributed by atoms with Gasteiger partial charge in [0, 0.05) is 16.1 Å². The van der Waals surface area contributed by atoms with E-state index in [1.807, 2.05) is 53.4 Å². The highest BCUT2D eigenvalue weighted by molar-refractivity contribution is 6.30. The minimum absolute atomic E-state index is 0.0184. The maximum absolute atomic E-state index is 12.8. The van der Waals surface area contributed by atoms with Crippen molar-refractivity contribution in [2.75, 3.05) is 6.61 Å². The van der Waals surface area contributed by atoms with Crippen molar-refractivity contribution in [1.82, 2.24) is 4.90 Å². The third-order valence-corrected chi connectivity index (χ3v) is 5.66. The Hall–Kier alpha value is -1.55. The Morgan fingerprint density at radius 2 is 1.77 bits per heavy atom. The van der Waals surface area contributed by atoms with Gasteiger partial charge in [-0.3, -0.25) is 4.79 Å². The lowest BCUT2D eigenvalue weighted by atomic mass is 9.91. The quantitative estimate of drug-likeness (QED) is 0.715. The number of morpholine rings is 1. The van der Waals surface area contributed by atoms with Crippen LogP contribution in [-0.4, -0.2) is 23.5 Å². The average molecular weight is 389 g/mol. The summed E-state index contributed by atoms with van der Waals surface area (Å²) in [6.07, 6.45) is 1.94. The fourth-order valence-corrected chi connectivity index (χ4v) is 4.01. The van der Waals surface area contributed by atoms with E-state index in [-0.39, 0.29) is 30.7 Å². The highest BCUT2D eigenvalue weighted by Crippen LogP contribution is 2.45. The van der Waals surface area contributed by atoms with Crippen molar-refractivity contribution in [3.8, 4) is 0 Å². The highest BCUT2D eigenvalue weighted by atomic mass is 35.5. The van der Waals surface area contributed by atoms with Crippen molar-refractivity contribution in [3.05, 3.63) is 76.6 Å². The molecule has 1 aliphatic heterocycles. The second-order valence-corrected chi connectivity index (χ2v) is 7.86. The third kappa shape index (κ3) is 3.48. The van der Waals surface area contributed by atoms with Gasteiger partial charge >= 0.3 is 0 Å². The molecule has 2 aliphatic rings. The van der Waals surface area contributed by atoms with Gasteiger partial charge in [0.1, 0.15) is 12.7 Å². The number of carbonyl (C=O) groups excluding carboxylic acids is 1. The van der Waals surface area contributed by atoms with E-state index in [0.717, 1.165) is 24.0 Å². The number of ether oxygens (including phenoxy) is 1. The summed E-state index contributed by atoms with van der Waals surface area (Å²) in [5.74, 6) is 0.446. The molecule has 0 aromatic heterocycles. The Labute approximate surface area is 163 Å². The largest absolute Gasteiger partial charge is 0.361 e. The first-order chi connectivity index (χ1) is 12.5. The van der Waals surface area contributed by atoms with Crippen molar-refractivity contribution in [2.24, 2.45) is 5.92 Å². The lowest BCUT2D eigenvalue weighted by Gasteiger charge is -2.44. The zero-order chi connectivity index (χ0) is 18.3. The zero-order valence-electron chi connectivity index (χ0n) is 14.3. The van der Waals surface area contributed by atoms with Crippen LogP contribution >= 0.6 is 23.2 Å². The highest BCUT2D eigenvalue weighted by Gasteiger charge is 2.44. The fraction of sp³-hybridized carbons (Fsp3) is 0.333. The Morgan fingerprint density at radius 1 is 1.04 bits per heavy atom. The van der Waals surface area contributed by atoms with Gasteiger partial charge in [-0.25, -0.2) is 0 Å². The van der Waals surface area contributed by atoms with E-state index in [1.165, 1.54) is 0 Å². The molecular weight excluding hydrogens is 369 g/mol. The van der Waals surface area contributed by atoms with Crippen LogP contribution in [0.15, 0.2) is 48.5 Å². The molecule has 1 heterocycles. The Balaban J connectivity index is 1.78. The minimum atomic E-state index is -0.296. The van der Waals surface area contributed by atoms with Crippen LogP contribution < -0.4 is 0 Å². The van der Waals surface area contributed by atoms with Gasteiger partial charge in [0.15, 0.2) is 0 Å². The second kappa shape index (κ2) is 7.22. The lowest BCUT2D eigenvalue weighted by Crippen LogP contribution is -2.50. The van der Waals surface area contributed by atoms with Crippen LogP contribution in [0.25, 0.3) is 0 Å². The number of benzene rings is 2. The summed E-state index contributed by atoms with van der Waals surface area (Å²) in [5, 5.41) is 1.31. The van der Waals surface area contributed by atoms with Crippen LogP contribution in [-0.2, 0) is 9.53 Å². The molecule has 3 nitrogen and oxygen atoms in total. The molecule has 0 bridgehead atoms. The van der Waals surface area contributed by atoms with E-state index >= 15 is 0 Å². The van der Waals surface area contributed by atoms with Crippen molar-refractivity contribution in [3.63, 3.8) is 0 Å². The number of amides is 1. The Kier molecular flexibility index (Phi) is 4.96. The molecule has 135 valence electrons. The van der Waals surface area contributed by atoms with Gasteiger partial charge in [-0.15, -0.1) is 0 Å². The first-order valence-corrected chi connectivity index (χ1v) is 9.57. The molecule has 2 fully saturated rings. The molecule has 0 spiro atoms. The van der Waals surface area contributed by atoms with Gasteiger partial charge < -0.3 is 9.64 Å². The van der Waals surface area contributed by atoms with E-state index in [4.69, 9.17) is 27.9 Å². The summed E-state index contributed by atoms with van der Waals surface area (Å²) < 4.78 is 6.00. The maximum atomic E-state index is 12.8. The molecule has 5 heteroatoms. The van der Waals surface area contributed by atoms with Gasteiger partial charge in [0.2, 0.25) is 5.91 Å². The number of rotatable bonds is 4. The molecule has 26 heavy (non-hydrogen) atoms. The fourth-order valence-electron chi connectivity index (χ4n) is 3.68. The number of halogens is 2. The first kappa shape index (κ1) is 17.8. The van der Waals surface area contributed by atoms with E-state index in [0.29, 0.717) is 16.0 Å². The summed E-state index contributed by atoms with van der Waals surface area (Å²) >= 11 is 12.3. The molecule has 2 aromatic carbocycles.